The van der Waals surface area contributed by atoms with Crippen molar-refractivity contribution in [3.8, 4) is 0 Å². The fourth-order valence-electron chi connectivity index (χ4n) is 5.14. The molecule has 1 atom stereocenters. The maximum Gasteiger partial charge on any atom is 0.192 e. The minimum absolute atomic E-state index is 0.407. The van der Waals surface area contributed by atoms with Crippen LogP contribution in [0.15, 0.2) is 4.99 Å². The standard InChI is InChI=1S/C14H23N3/c1-9-8-15-13(16-9)17-14-5-10-2-11(6-14)4-12(3-10)7-14/h9-12H,2-8H2,1H3,(H2,15,16,17). The highest BCUT2D eigenvalue weighted by atomic mass is 15.3. The fourth-order valence-corrected chi connectivity index (χ4v) is 5.14. The van der Waals surface area contributed by atoms with E-state index in [-0.39, 0.29) is 0 Å². The molecule has 3 heteroatoms. The Morgan fingerprint density at radius 2 is 1.71 bits per heavy atom. The first-order valence-electron chi connectivity index (χ1n) is 7.30. The van der Waals surface area contributed by atoms with Gasteiger partial charge < -0.3 is 10.6 Å². The topological polar surface area (TPSA) is 36.4 Å². The molecule has 4 aliphatic carbocycles. The van der Waals surface area contributed by atoms with Crippen molar-refractivity contribution in [2.75, 3.05) is 6.54 Å². The third-order valence-corrected chi connectivity index (χ3v) is 5.33. The molecule has 3 nitrogen and oxygen atoms in total. The third kappa shape index (κ3) is 1.66. The molecule has 4 fully saturated rings. The molecule has 0 spiro atoms. The van der Waals surface area contributed by atoms with Gasteiger partial charge in [-0.15, -0.1) is 0 Å². The van der Waals surface area contributed by atoms with Crippen LogP contribution in [-0.4, -0.2) is 24.1 Å². The highest BCUT2D eigenvalue weighted by Crippen LogP contribution is 2.55. The molecule has 0 aromatic carbocycles. The Bertz CT molecular complexity index is 325. The average Bonchev–Trinajstić information content (AvgIpc) is 2.60. The van der Waals surface area contributed by atoms with E-state index in [4.69, 9.17) is 0 Å². The molecule has 2 N–H and O–H groups in total. The summed E-state index contributed by atoms with van der Waals surface area (Å²) in [6.07, 6.45) is 8.72. The Hall–Kier alpha value is -0.730. The lowest BCUT2D eigenvalue weighted by molar-refractivity contribution is -0.0104. The van der Waals surface area contributed by atoms with E-state index in [9.17, 15) is 0 Å². The molecule has 94 valence electrons. The monoisotopic (exact) mass is 233 g/mol. The maximum atomic E-state index is 4.59. The van der Waals surface area contributed by atoms with E-state index in [0.717, 1.165) is 30.3 Å². The number of rotatable bonds is 1. The molecule has 0 aromatic heterocycles. The summed E-state index contributed by atoms with van der Waals surface area (Å²) < 4.78 is 0. The molecular formula is C14H23N3. The number of nitrogens with one attached hydrogen (secondary N) is 2. The van der Waals surface area contributed by atoms with Gasteiger partial charge in [-0.2, -0.15) is 0 Å². The molecule has 4 bridgehead atoms. The summed E-state index contributed by atoms with van der Waals surface area (Å²) in [6.45, 7) is 3.15. The average molecular weight is 233 g/mol. The molecule has 5 aliphatic rings. The first kappa shape index (κ1) is 10.2. The lowest BCUT2D eigenvalue weighted by atomic mass is 9.53. The number of nitrogens with zero attached hydrogens (tertiary/aromatic N) is 1. The Balaban J connectivity index is 1.53. The van der Waals surface area contributed by atoms with E-state index in [1.807, 2.05) is 0 Å². The van der Waals surface area contributed by atoms with Gasteiger partial charge in [0.2, 0.25) is 0 Å². The van der Waals surface area contributed by atoms with E-state index in [1.54, 1.807) is 0 Å². The summed E-state index contributed by atoms with van der Waals surface area (Å²) in [5.41, 5.74) is 0.407. The van der Waals surface area contributed by atoms with Gasteiger partial charge in [0.15, 0.2) is 5.96 Å². The number of guanidine groups is 1. The molecule has 1 aliphatic heterocycles. The second-order valence-electron chi connectivity index (χ2n) is 7.06. The van der Waals surface area contributed by atoms with Crippen LogP contribution < -0.4 is 10.6 Å². The Morgan fingerprint density at radius 3 is 2.18 bits per heavy atom. The van der Waals surface area contributed by atoms with Crippen LogP contribution >= 0.6 is 0 Å². The van der Waals surface area contributed by atoms with Crippen molar-refractivity contribution in [1.82, 2.24) is 10.6 Å². The van der Waals surface area contributed by atoms with Crippen LogP contribution in [0.4, 0.5) is 0 Å². The number of aliphatic imine (C=N–C) groups is 1. The van der Waals surface area contributed by atoms with Gasteiger partial charge in [0.05, 0.1) is 6.54 Å². The zero-order chi connectivity index (χ0) is 11.5. The molecule has 0 amide bonds. The van der Waals surface area contributed by atoms with Crippen LogP contribution in [0.25, 0.3) is 0 Å². The summed E-state index contributed by atoms with van der Waals surface area (Å²) in [6, 6.07) is 0.520. The van der Waals surface area contributed by atoms with Crippen molar-refractivity contribution in [3.63, 3.8) is 0 Å². The minimum atomic E-state index is 0.407. The fraction of sp³-hybridized carbons (Fsp3) is 0.929. The first-order chi connectivity index (χ1) is 8.21. The van der Waals surface area contributed by atoms with Crippen molar-refractivity contribution < 1.29 is 0 Å². The smallest absolute Gasteiger partial charge is 0.192 e. The predicted octanol–water partition coefficient (Wildman–Crippen LogP) is 1.89. The number of hydrogen-bond acceptors (Lipinski definition) is 3. The van der Waals surface area contributed by atoms with Gasteiger partial charge in [0.1, 0.15) is 0 Å². The van der Waals surface area contributed by atoms with Crippen molar-refractivity contribution in [2.45, 2.75) is 57.0 Å². The molecular weight excluding hydrogens is 210 g/mol. The number of hydrogen-bond donors (Lipinski definition) is 2. The minimum Gasteiger partial charge on any atom is -0.352 e. The zero-order valence-electron chi connectivity index (χ0n) is 10.7. The van der Waals surface area contributed by atoms with Crippen molar-refractivity contribution in [2.24, 2.45) is 22.7 Å². The molecule has 0 radical (unpaired) electrons. The molecule has 1 heterocycles. The van der Waals surface area contributed by atoms with Crippen LogP contribution in [0.2, 0.25) is 0 Å². The van der Waals surface area contributed by atoms with Gasteiger partial charge in [0, 0.05) is 11.6 Å². The molecule has 17 heavy (non-hydrogen) atoms. The van der Waals surface area contributed by atoms with E-state index < -0.39 is 0 Å². The van der Waals surface area contributed by atoms with Gasteiger partial charge in [-0.3, -0.25) is 4.99 Å². The van der Waals surface area contributed by atoms with Gasteiger partial charge >= 0.3 is 0 Å². The lowest BCUT2D eigenvalue weighted by Gasteiger charge is -2.57. The maximum absolute atomic E-state index is 4.59. The summed E-state index contributed by atoms with van der Waals surface area (Å²) in [5.74, 6) is 4.11. The third-order valence-electron chi connectivity index (χ3n) is 5.33. The van der Waals surface area contributed by atoms with Crippen LogP contribution in [0, 0.1) is 17.8 Å². The Morgan fingerprint density at radius 1 is 1.12 bits per heavy atom. The van der Waals surface area contributed by atoms with Crippen molar-refractivity contribution in [1.29, 1.82) is 0 Å². The largest absolute Gasteiger partial charge is 0.352 e. The first-order valence-corrected chi connectivity index (χ1v) is 7.30. The molecule has 1 unspecified atom stereocenters. The van der Waals surface area contributed by atoms with Crippen molar-refractivity contribution >= 4 is 5.96 Å². The zero-order valence-corrected chi connectivity index (χ0v) is 10.7. The van der Waals surface area contributed by atoms with Crippen LogP contribution in [0.1, 0.15) is 45.4 Å². The summed E-state index contributed by atoms with van der Waals surface area (Å²) in [7, 11) is 0. The van der Waals surface area contributed by atoms with E-state index in [0.29, 0.717) is 11.6 Å². The normalized spacial score (nSPS) is 51.2. The SMILES string of the molecule is CC1CN=C(NC23CC4CC(CC(C4)C2)C3)N1. The van der Waals surface area contributed by atoms with Crippen LogP contribution in [-0.2, 0) is 0 Å². The molecule has 0 saturated heterocycles. The Labute approximate surface area is 103 Å². The quantitative estimate of drug-likeness (QED) is 0.725. The highest BCUT2D eigenvalue weighted by molar-refractivity contribution is 5.82. The second-order valence-corrected chi connectivity index (χ2v) is 7.06. The molecule has 0 aromatic rings. The molecule has 4 saturated carbocycles. The lowest BCUT2D eigenvalue weighted by Crippen LogP contribution is -2.61. The summed E-state index contributed by atoms with van der Waals surface area (Å²) in [5, 5.41) is 7.26. The van der Waals surface area contributed by atoms with Gasteiger partial charge in [0.25, 0.3) is 0 Å². The van der Waals surface area contributed by atoms with E-state index in [1.165, 1.54) is 38.5 Å². The summed E-state index contributed by atoms with van der Waals surface area (Å²) in [4.78, 5) is 4.59. The van der Waals surface area contributed by atoms with Gasteiger partial charge in [-0.05, 0) is 63.2 Å². The van der Waals surface area contributed by atoms with Crippen LogP contribution in [0.3, 0.4) is 0 Å². The van der Waals surface area contributed by atoms with Gasteiger partial charge in [-0.25, -0.2) is 0 Å². The van der Waals surface area contributed by atoms with E-state index in [2.05, 4.69) is 22.5 Å². The molecule has 5 rings (SSSR count). The second kappa shape index (κ2) is 3.39. The predicted molar refractivity (Wildman–Crippen MR) is 68.9 cm³/mol. The Kier molecular flexibility index (Phi) is 2.04. The highest BCUT2D eigenvalue weighted by Gasteiger charge is 2.51. The van der Waals surface area contributed by atoms with E-state index >= 15 is 0 Å². The van der Waals surface area contributed by atoms with Crippen LogP contribution in [0.5, 0.6) is 0 Å². The van der Waals surface area contributed by atoms with Gasteiger partial charge in [-0.1, -0.05) is 0 Å². The summed E-state index contributed by atoms with van der Waals surface area (Å²) >= 11 is 0. The van der Waals surface area contributed by atoms with Crippen molar-refractivity contribution in [3.05, 3.63) is 0 Å².